The second-order valence-electron chi connectivity index (χ2n) is 8.29. The number of carbonyl (C=O) groups excluding carboxylic acids is 2. The molecular weight excluding hydrogens is 491 g/mol. The Hall–Kier alpha value is -2.81. The van der Waals surface area contributed by atoms with E-state index in [0.717, 1.165) is 10.6 Å². The van der Waals surface area contributed by atoms with Gasteiger partial charge in [-0.05, 0) is 54.8 Å². The largest absolute Gasteiger partial charge is 0.396 e. The van der Waals surface area contributed by atoms with Gasteiger partial charge in [-0.25, -0.2) is 0 Å². The van der Waals surface area contributed by atoms with Crippen LogP contribution in [0.2, 0.25) is 10.0 Å². The summed E-state index contributed by atoms with van der Waals surface area (Å²) < 4.78 is 0. The summed E-state index contributed by atoms with van der Waals surface area (Å²) in [7, 11) is 0. The number of hydrogen-bond acceptors (Lipinski definition) is 6. The van der Waals surface area contributed by atoms with Gasteiger partial charge in [0, 0.05) is 41.1 Å². The van der Waals surface area contributed by atoms with Gasteiger partial charge < -0.3 is 10.2 Å². The number of amides is 1. The second-order valence-corrected chi connectivity index (χ2v) is 9.16. The van der Waals surface area contributed by atoms with Gasteiger partial charge in [0.25, 0.3) is 5.91 Å². The number of carbonyl (C=O) groups is 2. The molecule has 0 saturated heterocycles. The number of halogens is 2. The van der Waals surface area contributed by atoms with Crippen molar-refractivity contribution in [3.05, 3.63) is 87.7 Å². The van der Waals surface area contributed by atoms with Gasteiger partial charge in [0.1, 0.15) is 6.10 Å². The molecule has 4 rings (SSSR count). The summed E-state index contributed by atoms with van der Waals surface area (Å²) >= 11 is 12.1. The van der Waals surface area contributed by atoms with Crippen LogP contribution in [0.15, 0.2) is 60.8 Å². The van der Waals surface area contributed by atoms with E-state index in [0.29, 0.717) is 26.9 Å². The first-order chi connectivity index (χ1) is 16.8. The fourth-order valence-electron chi connectivity index (χ4n) is 4.41. The van der Waals surface area contributed by atoms with Crippen LogP contribution in [0.5, 0.6) is 0 Å². The molecule has 2 heterocycles. The van der Waals surface area contributed by atoms with Crippen LogP contribution in [0.3, 0.4) is 0 Å². The number of ketones is 1. The molecule has 182 valence electrons. The van der Waals surface area contributed by atoms with E-state index in [1.165, 1.54) is 13.1 Å². The predicted octanol–water partition coefficient (Wildman–Crippen LogP) is 4.21. The third-order valence-electron chi connectivity index (χ3n) is 5.93. The van der Waals surface area contributed by atoms with Gasteiger partial charge in [-0.1, -0.05) is 47.5 Å². The molecule has 2 N–H and O–H groups in total. The van der Waals surface area contributed by atoms with Crippen LogP contribution in [0.4, 0.5) is 0 Å². The molecule has 0 radical (unpaired) electrons. The van der Waals surface area contributed by atoms with Gasteiger partial charge in [0.05, 0.1) is 11.6 Å². The Morgan fingerprint density at radius 3 is 2.40 bits per heavy atom. The van der Waals surface area contributed by atoms with Crippen LogP contribution in [0.1, 0.15) is 35.0 Å². The van der Waals surface area contributed by atoms with Gasteiger partial charge in [-0.15, -0.1) is 0 Å². The maximum absolute atomic E-state index is 13.9. The topological polar surface area (TPSA) is 100.0 Å². The van der Waals surface area contributed by atoms with Crippen LogP contribution in [0, 0.1) is 0 Å². The number of aliphatic hydroxyl groups is 2. The lowest BCUT2D eigenvalue weighted by Crippen LogP contribution is -2.54. The van der Waals surface area contributed by atoms with Gasteiger partial charge in [0.15, 0.2) is 11.3 Å². The summed E-state index contributed by atoms with van der Waals surface area (Å²) in [5, 5.41) is 21.8. The molecule has 0 bridgehead atoms. The summed E-state index contributed by atoms with van der Waals surface area (Å²) in [6.07, 6.45) is 0.235. The normalized spacial score (nSPS) is 18.0. The Balaban J connectivity index is 1.99. The highest BCUT2D eigenvalue weighted by atomic mass is 35.5. The predicted molar refractivity (Wildman–Crippen MR) is 132 cm³/mol. The number of rotatable bonds is 9. The summed E-state index contributed by atoms with van der Waals surface area (Å²) in [4.78, 5) is 37.7. The molecule has 0 fully saturated rings. The first-order valence-electron chi connectivity index (χ1n) is 11.1. The molecule has 1 unspecified atom stereocenters. The molecule has 1 aromatic heterocycles. The highest BCUT2D eigenvalue weighted by Gasteiger charge is 2.58. The molecule has 0 aliphatic carbocycles. The smallest absolute Gasteiger partial charge is 0.279 e. The Kier molecular flexibility index (Phi) is 7.54. The third kappa shape index (κ3) is 4.70. The lowest BCUT2D eigenvalue weighted by Gasteiger charge is -2.38. The zero-order valence-corrected chi connectivity index (χ0v) is 20.5. The van der Waals surface area contributed by atoms with E-state index in [1.807, 2.05) is 6.07 Å². The lowest BCUT2D eigenvalue weighted by atomic mass is 9.76. The van der Waals surface area contributed by atoms with Crippen molar-refractivity contribution in [2.75, 3.05) is 13.2 Å². The molecule has 1 aliphatic heterocycles. The summed E-state index contributed by atoms with van der Waals surface area (Å²) in [5.41, 5.74) is 0.827. The van der Waals surface area contributed by atoms with Gasteiger partial charge in [0.2, 0.25) is 0 Å². The number of pyridine rings is 1. The number of aromatic nitrogens is 1. The number of fused-ring (bicyclic) bond motifs is 1. The minimum atomic E-state index is -1.72. The van der Waals surface area contributed by atoms with Crippen LogP contribution in [0.25, 0.3) is 11.1 Å². The number of nitrogens with zero attached hydrogens (tertiary/aromatic N) is 2. The fourth-order valence-corrected chi connectivity index (χ4v) is 4.65. The van der Waals surface area contributed by atoms with Gasteiger partial charge in [-0.2, -0.15) is 5.06 Å². The minimum Gasteiger partial charge on any atom is -0.396 e. The van der Waals surface area contributed by atoms with Crippen molar-refractivity contribution >= 4 is 34.9 Å². The van der Waals surface area contributed by atoms with Crippen molar-refractivity contribution in [3.8, 4) is 11.1 Å². The first kappa shape index (κ1) is 25.3. The van der Waals surface area contributed by atoms with E-state index >= 15 is 0 Å². The van der Waals surface area contributed by atoms with E-state index in [9.17, 15) is 19.8 Å². The average molecular weight is 515 g/mol. The molecule has 35 heavy (non-hydrogen) atoms. The van der Waals surface area contributed by atoms with Crippen molar-refractivity contribution in [1.29, 1.82) is 0 Å². The van der Waals surface area contributed by atoms with Crippen molar-refractivity contribution in [2.24, 2.45) is 0 Å². The zero-order valence-electron chi connectivity index (χ0n) is 18.9. The number of hydrogen-bond donors (Lipinski definition) is 2. The molecule has 7 nitrogen and oxygen atoms in total. The Morgan fingerprint density at radius 1 is 1.09 bits per heavy atom. The second kappa shape index (κ2) is 10.4. The summed E-state index contributed by atoms with van der Waals surface area (Å²) in [5.74, 6) is -1.14. The van der Waals surface area contributed by atoms with E-state index in [-0.39, 0.29) is 31.6 Å². The first-order valence-corrected chi connectivity index (χ1v) is 11.9. The Labute approximate surface area is 212 Å². The quantitative estimate of drug-likeness (QED) is 0.414. The van der Waals surface area contributed by atoms with E-state index in [2.05, 4.69) is 4.98 Å². The molecule has 1 amide bonds. The van der Waals surface area contributed by atoms with Crippen molar-refractivity contribution in [1.82, 2.24) is 10.0 Å². The molecule has 2 aromatic carbocycles. The molecule has 0 saturated carbocycles. The van der Waals surface area contributed by atoms with Crippen molar-refractivity contribution in [2.45, 2.75) is 31.4 Å². The number of benzene rings is 2. The maximum Gasteiger partial charge on any atom is 0.279 e. The van der Waals surface area contributed by atoms with Crippen molar-refractivity contribution < 1.29 is 24.6 Å². The highest BCUT2D eigenvalue weighted by Crippen LogP contribution is 2.48. The Bertz CT molecular complexity index is 1230. The van der Waals surface area contributed by atoms with Gasteiger partial charge in [-0.3, -0.25) is 19.4 Å². The SMILES string of the molecule is CC(O)C(=O)[C@@]1(Cc2ccc(Cl)cn2)c2c(cccc2-c2ccc(Cl)cc2)C(=O)N1OCCCO. The Morgan fingerprint density at radius 2 is 1.77 bits per heavy atom. The van der Waals surface area contributed by atoms with Crippen LogP contribution in [-0.2, 0) is 21.6 Å². The third-order valence-corrected chi connectivity index (χ3v) is 6.41. The minimum absolute atomic E-state index is 0.00457. The van der Waals surface area contributed by atoms with E-state index in [4.69, 9.17) is 28.0 Å². The highest BCUT2D eigenvalue weighted by molar-refractivity contribution is 6.30. The van der Waals surface area contributed by atoms with Crippen molar-refractivity contribution in [3.63, 3.8) is 0 Å². The average Bonchev–Trinajstić information content (AvgIpc) is 3.09. The molecule has 9 heteroatoms. The van der Waals surface area contributed by atoms with E-state index < -0.39 is 23.3 Å². The fraction of sp³-hybridized carbons (Fsp3) is 0.269. The summed E-state index contributed by atoms with van der Waals surface area (Å²) in [6, 6.07) is 15.5. The number of aliphatic hydroxyl groups excluding tert-OH is 2. The number of hydroxylamine groups is 2. The monoisotopic (exact) mass is 514 g/mol. The van der Waals surface area contributed by atoms with Gasteiger partial charge >= 0.3 is 0 Å². The zero-order chi connectivity index (χ0) is 25.2. The summed E-state index contributed by atoms with van der Waals surface area (Å²) in [6.45, 7) is 1.20. The molecule has 0 spiro atoms. The number of Topliss-reactive ketones (excluding diaryl/α,β-unsaturated/α-hetero) is 1. The molecule has 3 aromatic rings. The lowest BCUT2D eigenvalue weighted by molar-refractivity contribution is -0.194. The van der Waals surface area contributed by atoms with E-state index in [1.54, 1.807) is 48.5 Å². The van der Waals surface area contributed by atoms with Crippen LogP contribution < -0.4 is 0 Å². The molecular formula is C26H24Cl2N2O5. The van der Waals surface area contributed by atoms with Crippen LogP contribution >= 0.6 is 23.2 Å². The molecule has 1 aliphatic rings. The van der Waals surface area contributed by atoms with Crippen LogP contribution in [-0.4, -0.2) is 51.3 Å². The molecule has 2 atom stereocenters. The maximum atomic E-state index is 13.9. The standard InChI is InChI=1S/C26H24Cl2N2O5/c1-16(32)24(33)26(14-20-11-10-19(28)15-29-20)23-21(17-6-8-18(27)9-7-17)4-2-5-22(23)25(34)30(26)35-13-3-12-31/h2,4-11,15-16,31-32H,3,12-14H2,1H3/t16?,26-/m1/s1.